The van der Waals surface area contributed by atoms with Gasteiger partial charge in [-0.2, -0.15) is 0 Å². The van der Waals surface area contributed by atoms with Gasteiger partial charge in [-0.15, -0.1) is 0 Å². The van der Waals surface area contributed by atoms with Gasteiger partial charge in [-0.25, -0.2) is 0 Å². The number of rotatable bonds is 7. The molecule has 0 saturated heterocycles. The average molecular weight is 201 g/mol. The molecule has 0 amide bonds. The number of nitrogens with zero attached hydrogens (tertiary/aromatic N) is 1. The second kappa shape index (κ2) is 10.3. The quantitative estimate of drug-likeness (QED) is 0.367. The van der Waals surface area contributed by atoms with Gasteiger partial charge in [-0.05, 0) is 13.3 Å². The maximum Gasteiger partial charge on any atom is 0.191 e. The van der Waals surface area contributed by atoms with Crippen molar-refractivity contribution in [2.45, 2.75) is 26.7 Å². The van der Waals surface area contributed by atoms with E-state index in [0.29, 0.717) is 0 Å². The fraction of sp³-hybridized carbons (Fsp3) is 0.900. The highest BCUT2D eigenvalue weighted by Crippen LogP contribution is 1.82. The summed E-state index contributed by atoms with van der Waals surface area (Å²) in [6.07, 6.45) is 2.37. The molecule has 4 heteroatoms. The minimum absolute atomic E-state index is 0.727. The first kappa shape index (κ1) is 13.2. The van der Waals surface area contributed by atoms with E-state index in [1.54, 1.807) is 7.05 Å². The molecule has 0 saturated carbocycles. The first-order valence-corrected chi connectivity index (χ1v) is 5.37. The molecule has 0 unspecified atom stereocenters. The molecule has 0 spiro atoms. The molecule has 0 aliphatic rings. The molecule has 0 aromatic carbocycles. The molecule has 0 atom stereocenters. The van der Waals surface area contributed by atoms with Crippen LogP contribution in [-0.4, -0.2) is 39.3 Å². The fourth-order valence-corrected chi connectivity index (χ4v) is 0.990. The lowest BCUT2D eigenvalue weighted by molar-refractivity contribution is 0.152. The zero-order valence-electron chi connectivity index (χ0n) is 9.60. The monoisotopic (exact) mass is 201 g/mol. The third-order valence-corrected chi connectivity index (χ3v) is 1.79. The van der Waals surface area contributed by atoms with E-state index >= 15 is 0 Å². The summed E-state index contributed by atoms with van der Waals surface area (Å²) in [6.45, 7) is 7.44. The molecule has 2 N–H and O–H groups in total. The molecular formula is C10H23N3O. The zero-order chi connectivity index (χ0) is 10.6. The second-order valence-corrected chi connectivity index (χ2v) is 2.98. The molecule has 0 aliphatic heterocycles. The Labute approximate surface area is 87.1 Å². The topological polar surface area (TPSA) is 45.7 Å². The lowest BCUT2D eigenvalue weighted by atomic mass is 10.3. The zero-order valence-corrected chi connectivity index (χ0v) is 9.60. The Morgan fingerprint density at radius 2 is 1.93 bits per heavy atom. The summed E-state index contributed by atoms with van der Waals surface area (Å²) in [4.78, 5) is 4.10. The predicted molar refractivity (Wildman–Crippen MR) is 60.8 cm³/mol. The van der Waals surface area contributed by atoms with E-state index in [4.69, 9.17) is 4.74 Å². The number of aliphatic imine (C=N–C) groups is 1. The summed E-state index contributed by atoms with van der Waals surface area (Å²) in [6, 6.07) is 0. The minimum atomic E-state index is 0.727. The van der Waals surface area contributed by atoms with E-state index < -0.39 is 0 Å². The van der Waals surface area contributed by atoms with Crippen LogP contribution in [0.4, 0.5) is 0 Å². The van der Waals surface area contributed by atoms with E-state index in [1.807, 2.05) is 6.92 Å². The van der Waals surface area contributed by atoms with E-state index in [1.165, 1.54) is 12.8 Å². The normalized spacial score (nSPS) is 11.5. The number of hydrogen-bond donors (Lipinski definition) is 2. The van der Waals surface area contributed by atoms with Crippen LogP contribution in [0, 0.1) is 0 Å². The van der Waals surface area contributed by atoms with Crippen molar-refractivity contribution in [1.29, 1.82) is 0 Å². The van der Waals surface area contributed by atoms with Crippen LogP contribution in [0.25, 0.3) is 0 Å². The number of guanidine groups is 1. The third kappa shape index (κ3) is 7.86. The smallest absolute Gasteiger partial charge is 0.191 e. The molecule has 0 aromatic rings. The van der Waals surface area contributed by atoms with Gasteiger partial charge in [0.25, 0.3) is 0 Å². The Kier molecular flexibility index (Phi) is 9.74. The molecule has 0 rings (SSSR count). The lowest BCUT2D eigenvalue weighted by Crippen LogP contribution is -2.39. The molecule has 0 heterocycles. The summed E-state index contributed by atoms with van der Waals surface area (Å²) in [7, 11) is 1.78. The molecular weight excluding hydrogens is 178 g/mol. The second-order valence-electron chi connectivity index (χ2n) is 2.98. The van der Waals surface area contributed by atoms with Gasteiger partial charge < -0.3 is 15.4 Å². The van der Waals surface area contributed by atoms with Crippen molar-refractivity contribution in [3.8, 4) is 0 Å². The number of ether oxygens (including phenoxy) is 1. The Bertz CT molecular complexity index is 148. The Hall–Kier alpha value is -0.770. The van der Waals surface area contributed by atoms with E-state index in [2.05, 4.69) is 22.5 Å². The van der Waals surface area contributed by atoms with E-state index in [0.717, 1.165) is 32.3 Å². The van der Waals surface area contributed by atoms with Crippen LogP contribution in [0.5, 0.6) is 0 Å². The largest absolute Gasteiger partial charge is 0.380 e. The highest BCUT2D eigenvalue weighted by Gasteiger charge is 1.94. The van der Waals surface area contributed by atoms with Crippen LogP contribution in [0.1, 0.15) is 26.7 Å². The Morgan fingerprint density at radius 1 is 1.21 bits per heavy atom. The van der Waals surface area contributed by atoms with Crippen molar-refractivity contribution < 1.29 is 4.74 Å². The number of unbranched alkanes of at least 4 members (excludes halogenated alkanes) is 1. The fourth-order valence-electron chi connectivity index (χ4n) is 0.990. The third-order valence-electron chi connectivity index (χ3n) is 1.79. The maximum absolute atomic E-state index is 5.21. The highest BCUT2D eigenvalue weighted by molar-refractivity contribution is 5.79. The van der Waals surface area contributed by atoms with Crippen LogP contribution in [-0.2, 0) is 4.74 Å². The van der Waals surface area contributed by atoms with Crippen molar-refractivity contribution in [1.82, 2.24) is 10.6 Å². The Morgan fingerprint density at radius 3 is 2.50 bits per heavy atom. The number of hydrogen-bond acceptors (Lipinski definition) is 2. The van der Waals surface area contributed by atoms with Gasteiger partial charge >= 0.3 is 0 Å². The molecule has 4 nitrogen and oxygen atoms in total. The van der Waals surface area contributed by atoms with Gasteiger partial charge in [0.05, 0.1) is 6.61 Å². The number of nitrogens with one attached hydrogen (secondary N) is 2. The van der Waals surface area contributed by atoms with E-state index in [-0.39, 0.29) is 0 Å². The Balaban J connectivity index is 3.39. The highest BCUT2D eigenvalue weighted by atomic mass is 16.5. The summed E-state index contributed by atoms with van der Waals surface area (Å²) in [5, 5.41) is 6.41. The van der Waals surface area contributed by atoms with Crippen LogP contribution in [0.15, 0.2) is 4.99 Å². The van der Waals surface area contributed by atoms with Gasteiger partial charge in [0, 0.05) is 26.7 Å². The lowest BCUT2D eigenvalue weighted by Gasteiger charge is -2.11. The SMILES string of the molecule is CCCCNC(=NC)NCCOCC. The van der Waals surface area contributed by atoms with Crippen LogP contribution in [0.3, 0.4) is 0 Å². The minimum Gasteiger partial charge on any atom is -0.380 e. The summed E-state index contributed by atoms with van der Waals surface area (Å²) in [5.41, 5.74) is 0. The molecule has 84 valence electrons. The van der Waals surface area contributed by atoms with Gasteiger partial charge in [-0.3, -0.25) is 4.99 Å². The molecule has 0 aliphatic carbocycles. The van der Waals surface area contributed by atoms with Gasteiger partial charge in [0.15, 0.2) is 5.96 Å². The molecule has 0 radical (unpaired) electrons. The molecule has 0 fully saturated rings. The summed E-state index contributed by atoms with van der Waals surface area (Å²) >= 11 is 0. The molecule has 14 heavy (non-hydrogen) atoms. The first-order chi connectivity index (χ1) is 6.85. The van der Waals surface area contributed by atoms with Crippen LogP contribution < -0.4 is 10.6 Å². The predicted octanol–water partition coefficient (Wildman–Crippen LogP) is 0.988. The van der Waals surface area contributed by atoms with Gasteiger partial charge in [-0.1, -0.05) is 13.3 Å². The standard InChI is InChI=1S/C10H23N3O/c1-4-6-7-12-10(11-3)13-8-9-14-5-2/h4-9H2,1-3H3,(H2,11,12,13). The van der Waals surface area contributed by atoms with Crippen LogP contribution in [0.2, 0.25) is 0 Å². The summed E-state index contributed by atoms with van der Waals surface area (Å²) < 4.78 is 5.21. The van der Waals surface area contributed by atoms with E-state index in [9.17, 15) is 0 Å². The van der Waals surface area contributed by atoms with Crippen molar-refractivity contribution in [3.63, 3.8) is 0 Å². The summed E-state index contributed by atoms with van der Waals surface area (Å²) in [5.74, 6) is 0.859. The van der Waals surface area contributed by atoms with Crippen molar-refractivity contribution >= 4 is 5.96 Å². The van der Waals surface area contributed by atoms with Crippen molar-refractivity contribution in [2.75, 3.05) is 33.4 Å². The van der Waals surface area contributed by atoms with Crippen molar-refractivity contribution in [2.24, 2.45) is 4.99 Å². The van der Waals surface area contributed by atoms with Crippen LogP contribution >= 0.6 is 0 Å². The van der Waals surface area contributed by atoms with Gasteiger partial charge in [0.2, 0.25) is 0 Å². The molecule has 0 aromatic heterocycles. The van der Waals surface area contributed by atoms with Crippen molar-refractivity contribution in [3.05, 3.63) is 0 Å². The first-order valence-electron chi connectivity index (χ1n) is 5.37. The average Bonchev–Trinajstić information content (AvgIpc) is 2.22. The molecule has 0 bridgehead atoms. The van der Waals surface area contributed by atoms with Gasteiger partial charge in [0.1, 0.15) is 0 Å². The maximum atomic E-state index is 5.21.